The summed E-state index contributed by atoms with van der Waals surface area (Å²) in [5, 5.41) is 10.1. The van der Waals surface area contributed by atoms with Crippen molar-refractivity contribution in [3.8, 4) is 6.07 Å². The van der Waals surface area contributed by atoms with E-state index in [0.29, 0.717) is 10.7 Å². The van der Waals surface area contributed by atoms with E-state index in [1.807, 2.05) is 20.8 Å². The molecule has 0 aliphatic rings. The Morgan fingerprint density at radius 3 is 2.73 bits per heavy atom. The summed E-state index contributed by atoms with van der Waals surface area (Å²) < 4.78 is 7.07. The van der Waals surface area contributed by atoms with Crippen LogP contribution in [0, 0.1) is 11.3 Å². The molecule has 0 amide bonds. The number of benzene rings is 1. The quantitative estimate of drug-likeness (QED) is 0.695. The fourth-order valence-corrected chi connectivity index (χ4v) is 2.50. The van der Waals surface area contributed by atoms with Gasteiger partial charge in [0.05, 0.1) is 28.7 Å². The number of ether oxygens (including phenoxy) is 1. The van der Waals surface area contributed by atoms with Gasteiger partial charge in [0, 0.05) is 11.6 Å². The van der Waals surface area contributed by atoms with Gasteiger partial charge in [0.15, 0.2) is 0 Å². The van der Waals surface area contributed by atoms with Crippen molar-refractivity contribution in [3.63, 3.8) is 0 Å². The molecule has 0 radical (unpaired) electrons. The summed E-state index contributed by atoms with van der Waals surface area (Å²) in [5.41, 5.74) is 7.42. The maximum Gasteiger partial charge on any atom is 0.326 e. The van der Waals surface area contributed by atoms with E-state index in [0.717, 1.165) is 16.5 Å². The summed E-state index contributed by atoms with van der Waals surface area (Å²) in [6.07, 6.45) is 1.95. The Balaban J connectivity index is 2.45. The highest BCUT2D eigenvalue weighted by Gasteiger charge is 2.19. The molecule has 0 saturated carbocycles. The summed E-state index contributed by atoms with van der Waals surface area (Å²) in [5.74, 6) is -0.346. The maximum atomic E-state index is 12.0. The molecule has 1 aromatic heterocycles. The summed E-state index contributed by atoms with van der Waals surface area (Å²) >= 11 is 6.05. The van der Waals surface area contributed by atoms with Gasteiger partial charge < -0.3 is 15.0 Å². The number of nitriles is 1. The third-order valence-electron chi connectivity index (χ3n) is 3.10. The van der Waals surface area contributed by atoms with Crippen molar-refractivity contribution < 1.29 is 9.53 Å². The van der Waals surface area contributed by atoms with Gasteiger partial charge in [0.1, 0.15) is 12.1 Å². The minimum Gasteiger partial charge on any atom is -0.459 e. The number of anilines is 1. The van der Waals surface area contributed by atoms with Crippen LogP contribution in [0.25, 0.3) is 10.9 Å². The first kappa shape index (κ1) is 16.2. The van der Waals surface area contributed by atoms with E-state index in [2.05, 4.69) is 6.07 Å². The summed E-state index contributed by atoms with van der Waals surface area (Å²) in [6, 6.07) is 5.57. The van der Waals surface area contributed by atoms with E-state index in [4.69, 9.17) is 27.3 Å². The Morgan fingerprint density at radius 2 is 2.14 bits per heavy atom. The van der Waals surface area contributed by atoms with Gasteiger partial charge in [-0.15, -0.1) is 0 Å². The molecule has 2 rings (SSSR count). The first-order valence-electron chi connectivity index (χ1n) is 6.87. The second kappa shape index (κ2) is 5.90. The van der Waals surface area contributed by atoms with Crippen molar-refractivity contribution in [1.29, 1.82) is 5.26 Å². The lowest BCUT2D eigenvalue weighted by atomic mass is 10.1. The third kappa shape index (κ3) is 3.34. The van der Waals surface area contributed by atoms with Crippen molar-refractivity contribution in [2.24, 2.45) is 0 Å². The molecule has 0 saturated heterocycles. The van der Waals surface area contributed by atoms with Crippen molar-refractivity contribution in [3.05, 3.63) is 28.9 Å². The second-order valence-electron chi connectivity index (χ2n) is 6.06. The van der Waals surface area contributed by atoms with Crippen molar-refractivity contribution in [2.45, 2.75) is 39.3 Å². The molecule has 1 aromatic carbocycles. The number of nitrogens with two attached hydrogens (primary N) is 1. The number of esters is 1. The fourth-order valence-electron chi connectivity index (χ4n) is 2.34. The van der Waals surface area contributed by atoms with Gasteiger partial charge in [-0.1, -0.05) is 11.6 Å². The van der Waals surface area contributed by atoms with Gasteiger partial charge >= 0.3 is 5.97 Å². The van der Waals surface area contributed by atoms with Crippen LogP contribution in [0.3, 0.4) is 0 Å². The van der Waals surface area contributed by atoms with Gasteiger partial charge in [-0.2, -0.15) is 5.26 Å². The third-order valence-corrected chi connectivity index (χ3v) is 3.43. The minimum atomic E-state index is -0.544. The van der Waals surface area contributed by atoms with Crippen LogP contribution in [0.1, 0.15) is 26.3 Å². The van der Waals surface area contributed by atoms with Gasteiger partial charge in [-0.3, -0.25) is 4.79 Å². The molecule has 2 N–H and O–H groups in total. The normalized spacial score (nSPS) is 11.4. The highest BCUT2D eigenvalue weighted by atomic mass is 35.5. The second-order valence-corrected chi connectivity index (χ2v) is 6.47. The van der Waals surface area contributed by atoms with E-state index >= 15 is 0 Å². The number of nitrogen functional groups attached to an aromatic ring is 1. The number of fused-ring (bicyclic) bond motifs is 1. The van der Waals surface area contributed by atoms with Gasteiger partial charge in [0.2, 0.25) is 0 Å². The van der Waals surface area contributed by atoms with Crippen LogP contribution < -0.4 is 5.73 Å². The van der Waals surface area contributed by atoms with Crippen LogP contribution in [0.15, 0.2) is 18.3 Å². The van der Waals surface area contributed by atoms with Crippen LogP contribution in [-0.2, 0) is 22.5 Å². The molecule has 2 aromatic rings. The van der Waals surface area contributed by atoms with Crippen LogP contribution >= 0.6 is 11.6 Å². The topological polar surface area (TPSA) is 81.0 Å². The lowest BCUT2D eigenvalue weighted by Crippen LogP contribution is -2.26. The molecule has 0 bridgehead atoms. The molecule has 1 heterocycles. The molecule has 0 fully saturated rings. The Kier molecular flexibility index (Phi) is 4.34. The SMILES string of the molecule is CC(C)(C)OC(=O)Cn1cc(CC#N)c2c(N)c(Cl)ccc21. The first-order chi connectivity index (χ1) is 10.2. The molecular formula is C16H18ClN3O2. The number of nitrogens with zero attached hydrogens (tertiary/aromatic N) is 2. The van der Waals surface area contributed by atoms with Crippen molar-refractivity contribution in [1.82, 2.24) is 4.57 Å². The lowest BCUT2D eigenvalue weighted by Gasteiger charge is -2.19. The number of carbonyl (C=O) groups is 1. The fraction of sp³-hybridized carbons (Fsp3) is 0.375. The number of carbonyl (C=O) groups excluding carboxylic acids is 1. The zero-order chi connectivity index (χ0) is 16.5. The highest BCUT2D eigenvalue weighted by Crippen LogP contribution is 2.33. The predicted molar refractivity (Wildman–Crippen MR) is 86.5 cm³/mol. The van der Waals surface area contributed by atoms with Crippen LogP contribution in [0.4, 0.5) is 5.69 Å². The number of rotatable bonds is 3. The number of halogens is 1. The summed E-state index contributed by atoms with van der Waals surface area (Å²) in [6.45, 7) is 5.51. The largest absolute Gasteiger partial charge is 0.459 e. The van der Waals surface area contributed by atoms with Crippen LogP contribution in [0.5, 0.6) is 0 Å². The van der Waals surface area contributed by atoms with E-state index in [1.54, 1.807) is 22.9 Å². The molecule has 0 spiro atoms. The monoisotopic (exact) mass is 319 g/mol. The van der Waals surface area contributed by atoms with E-state index in [1.165, 1.54) is 0 Å². The Labute approximate surface area is 134 Å². The van der Waals surface area contributed by atoms with E-state index in [-0.39, 0.29) is 18.9 Å². The van der Waals surface area contributed by atoms with E-state index in [9.17, 15) is 4.79 Å². The molecule has 0 atom stereocenters. The number of aromatic nitrogens is 1. The lowest BCUT2D eigenvalue weighted by molar-refractivity contribution is -0.155. The Morgan fingerprint density at radius 1 is 1.45 bits per heavy atom. The van der Waals surface area contributed by atoms with Crippen molar-refractivity contribution in [2.75, 3.05) is 5.73 Å². The molecule has 0 aliphatic carbocycles. The molecule has 116 valence electrons. The van der Waals surface area contributed by atoms with Crippen LogP contribution in [0.2, 0.25) is 5.02 Å². The first-order valence-corrected chi connectivity index (χ1v) is 7.25. The molecule has 22 heavy (non-hydrogen) atoms. The summed E-state index contributed by atoms with van der Waals surface area (Å²) in [7, 11) is 0. The number of hydrogen-bond donors (Lipinski definition) is 1. The molecule has 0 unspecified atom stereocenters. The zero-order valence-electron chi connectivity index (χ0n) is 12.8. The minimum absolute atomic E-state index is 0.0558. The van der Waals surface area contributed by atoms with Crippen molar-refractivity contribution >= 4 is 34.2 Å². The summed E-state index contributed by atoms with van der Waals surface area (Å²) in [4.78, 5) is 12.0. The molecule has 6 heteroatoms. The molecule has 0 aliphatic heterocycles. The van der Waals surface area contributed by atoms with Gasteiger partial charge in [0.25, 0.3) is 0 Å². The Bertz CT molecular complexity index is 766. The standard InChI is InChI=1S/C16H18ClN3O2/c1-16(2,3)22-13(21)9-20-8-10(6-7-18)14-12(20)5-4-11(17)15(14)19/h4-5,8H,6,9,19H2,1-3H3. The average Bonchev–Trinajstić information content (AvgIpc) is 2.70. The van der Waals surface area contributed by atoms with Crippen LogP contribution in [-0.4, -0.2) is 16.1 Å². The maximum absolute atomic E-state index is 12.0. The number of hydrogen-bond acceptors (Lipinski definition) is 4. The zero-order valence-corrected chi connectivity index (χ0v) is 13.6. The smallest absolute Gasteiger partial charge is 0.326 e. The highest BCUT2D eigenvalue weighted by molar-refractivity contribution is 6.34. The van der Waals surface area contributed by atoms with Gasteiger partial charge in [-0.25, -0.2) is 0 Å². The predicted octanol–water partition coefficient (Wildman–Crippen LogP) is 3.28. The molecule has 5 nitrogen and oxygen atoms in total. The molecular weight excluding hydrogens is 302 g/mol. The Hall–Kier alpha value is -2.19. The van der Waals surface area contributed by atoms with E-state index < -0.39 is 5.60 Å². The average molecular weight is 320 g/mol. The van der Waals surface area contributed by atoms with Gasteiger partial charge in [-0.05, 0) is 38.5 Å².